The Morgan fingerprint density at radius 2 is 1.75 bits per heavy atom. The van der Waals surface area contributed by atoms with E-state index in [1.807, 2.05) is 0 Å². The molecule has 0 spiro atoms. The number of carbonyl (C=O) groups is 6. The number of esters is 1. The van der Waals surface area contributed by atoms with Crippen LogP contribution >= 0.6 is 0 Å². The molecule has 286 valence electrons. The molecule has 2 aliphatic carbocycles. The van der Waals surface area contributed by atoms with E-state index in [4.69, 9.17) is 24.7 Å². The highest BCUT2D eigenvalue weighted by Gasteiger charge is 2.50. The first-order valence-corrected chi connectivity index (χ1v) is 16.9. The molecule has 1 saturated heterocycles. The van der Waals surface area contributed by atoms with E-state index in [1.165, 1.54) is 46.1 Å². The Morgan fingerprint density at radius 3 is 2.38 bits per heavy atom. The van der Waals surface area contributed by atoms with Gasteiger partial charge in [0.2, 0.25) is 17.5 Å². The molecule has 17 nitrogen and oxygen atoms in total. The number of ketones is 4. The molecule has 2 aromatic rings. The van der Waals surface area contributed by atoms with Gasteiger partial charge in [0.05, 0.1) is 54.6 Å². The van der Waals surface area contributed by atoms with Gasteiger partial charge >= 0.3 is 5.97 Å². The second-order valence-electron chi connectivity index (χ2n) is 13.6. The minimum atomic E-state index is -2.45. The minimum absolute atomic E-state index is 0.0446. The van der Waals surface area contributed by atoms with Crippen LogP contribution in [0.3, 0.4) is 0 Å². The number of phenols is 2. The van der Waals surface area contributed by atoms with E-state index in [1.54, 1.807) is 0 Å². The maximum Gasteiger partial charge on any atom is 0.306 e. The Balaban J connectivity index is 1.44. The van der Waals surface area contributed by atoms with E-state index in [0.29, 0.717) is 0 Å². The Morgan fingerprint density at radius 1 is 1.08 bits per heavy atom. The lowest BCUT2D eigenvalue weighted by atomic mass is 9.72. The first-order valence-electron chi connectivity index (χ1n) is 16.9. The molecule has 5 rings (SSSR count). The number of ether oxygens (including phenoxy) is 4. The van der Waals surface area contributed by atoms with Crippen molar-refractivity contribution in [3.05, 3.63) is 51.6 Å². The summed E-state index contributed by atoms with van der Waals surface area (Å²) in [6, 6.07) is 2.25. The van der Waals surface area contributed by atoms with Gasteiger partial charge in [-0.15, -0.1) is 0 Å². The molecule has 53 heavy (non-hydrogen) atoms. The van der Waals surface area contributed by atoms with Crippen molar-refractivity contribution in [3.8, 4) is 17.2 Å². The van der Waals surface area contributed by atoms with Crippen molar-refractivity contribution in [1.82, 2.24) is 5.32 Å². The lowest BCUT2D eigenvalue weighted by Gasteiger charge is -2.42. The van der Waals surface area contributed by atoms with Gasteiger partial charge in [-0.05, 0) is 26.8 Å². The normalized spacial score (nSPS) is 26.0. The van der Waals surface area contributed by atoms with Crippen molar-refractivity contribution in [3.63, 3.8) is 0 Å². The molecular weight excluding hydrogens is 700 g/mol. The average molecular weight is 743 g/mol. The number of rotatable bonds is 12. The number of aromatic hydroxyl groups is 2. The van der Waals surface area contributed by atoms with Crippen LogP contribution in [0.4, 0.5) is 0 Å². The maximum atomic E-state index is 13.9. The van der Waals surface area contributed by atoms with Crippen LogP contribution in [0.2, 0.25) is 0 Å². The Bertz CT molecular complexity index is 1850. The summed E-state index contributed by atoms with van der Waals surface area (Å²) < 4.78 is 22.2. The van der Waals surface area contributed by atoms with Crippen LogP contribution in [0.15, 0.2) is 18.2 Å². The topological polar surface area (TPSA) is 279 Å². The van der Waals surface area contributed by atoms with E-state index in [9.17, 15) is 54.3 Å². The van der Waals surface area contributed by atoms with Gasteiger partial charge in [-0.1, -0.05) is 12.1 Å². The fraction of sp³-hybridized carbons (Fsp3) is 0.500. The quantitative estimate of drug-likeness (QED) is 0.0934. The predicted molar refractivity (Wildman–Crippen MR) is 179 cm³/mol. The number of carbonyl (C=O) groups excluding carboxylic acids is 6. The molecular formula is C36H42N2O15. The van der Waals surface area contributed by atoms with Crippen molar-refractivity contribution in [2.24, 2.45) is 5.73 Å². The van der Waals surface area contributed by atoms with E-state index in [0.717, 1.165) is 0 Å². The van der Waals surface area contributed by atoms with E-state index in [-0.39, 0.29) is 34.4 Å². The zero-order valence-corrected chi connectivity index (χ0v) is 29.4. The van der Waals surface area contributed by atoms with Crippen LogP contribution in [0, 0.1) is 0 Å². The highest BCUT2D eigenvalue weighted by atomic mass is 16.7. The van der Waals surface area contributed by atoms with Crippen molar-refractivity contribution in [2.45, 2.75) is 101 Å². The van der Waals surface area contributed by atoms with Crippen LogP contribution in [0.25, 0.3) is 0 Å². The number of aliphatic hydroxyl groups excluding tert-OH is 2. The van der Waals surface area contributed by atoms with Crippen molar-refractivity contribution >= 4 is 35.0 Å². The number of hydrogen-bond donors (Lipinski definition) is 7. The minimum Gasteiger partial charge on any atom is -0.507 e. The second kappa shape index (κ2) is 15.3. The summed E-state index contributed by atoms with van der Waals surface area (Å²) in [6.07, 6.45) is -8.10. The molecule has 1 aliphatic heterocycles. The Kier molecular flexibility index (Phi) is 11.4. The third kappa shape index (κ3) is 7.53. The van der Waals surface area contributed by atoms with E-state index in [2.05, 4.69) is 5.32 Å². The number of Topliss-reactive ketones (excluding diaryl/α,β-unsaturated/α-hetero) is 2. The molecule has 17 heteroatoms. The van der Waals surface area contributed by atoms with Crippen molar-refractivity contribution in [2.75, 3.05) is 13.7 Å². The fourth-order valence-corrected chi connectivity index (χ4v) is 6.98. The van der Waals surface area contributed by atoms with Gasteiger partial charge < -0.3 is 55.5 Å². The lowest BCUT2D eigenvalue weighted by Crippen LogP contribution is -2.53. The van der Waals surface area contributed by atoms with Gasteiger partial charge in [-0.3, -0.25) is 28.8 Å². The third-order valence-electron chi connectivity index (χ3n) is 9.82. The summed E-state index contributed by atoms with van der Waals surface area (Å²) in [4.78, 5) is 77.7. The van der Waals surface area contributed by atoms with Crippen LogP contribution in [0.5, 0.6) is 17.2 Å². The summed E-state index contributed by atoms with van der Waals surface area (Å²) in [5, 5.41) is 57.5. The first kappa shape index (κ1) is 39.4. The molecule has 0 radical (unpaired) electrons. The molecule has 1 unspecified atom stereocenters. The van der Waals surface area contributed by atoms with Crippen LogP contribution < -0.4 is 15.8 Å². The first-order chi connectivity index (χ1) is 24.9. The van der Waals surface area contributed by atoms with Gasteiger partial charge in [0.15, 0.2) is 24.5 Å². The van der Waals surface area contributed by atoms with Gasteiger partial charge in [0, 0.05) is 48.4 Å². The van der Waals surface area contributed by atoms with Crippen LogP contribution in [-0.4, -0.2) is 117 Å². The lowest BCUT2D eigenvalue weighted by molar-refractivity contribution is -0.247. The number of hydrogen-bond acceptors (Lipinski definition) is 16. The van der Waals surface area contributed by atoms with Gasteiger partial charge in [-0.25, -0.2) is 0 Å². The molecule has 1 fully saturated rings. The summed E-state index contributed by atoms with van der Waals surface area (Å²) in [6.45, 7) is 3.02. The smallest absolute Gasteiger partial charge is 0.306 e. The molecule has 1 heterocycles. The van der Waals surface area contributed by atoms with Gasteiger partial charge in [0.1, 0.15) is 28.9 Å². The third-order valence-corrected chi connectivity index (χ3v) is 9.82. The highest BCUT2D eigenvalue weighted by molar-refractivity contribution is 6.31. The van der Waals surface area contributed by atoms with Gasteiger partial charge in [-0.2, -0.15) is 0 Å². The average Bonchev–Trinajstić information content (AvgIpc) is 3.10. The summed E-state index contributed by atoms with van der Waals surface area (Å²) >= 11 is 0. The van der Waals surface area contributed by atoms with Crippen molar-refractivity contribution < 1.29 is 73.2 Å². The summed E-state index contributed by atoms with van der Waals surface area (Å²) in [5.41, 5.74) is 1.74. The molecule has 8 N–H and O–H groups in total. The number of nitrogens with two attached hydrogens (primary N) is 1. The number of benzene rings is 2. The molecule has 0 bridgehead atoms. The standard InChI is InChI=1S/C36H42N2O15/c1-14(39)30(15(2)40)38-23(42)8-9-24(43)51-13-22(41)36(49)11-18-27(21(12-36)53-25-10-19(37)31(44)16(3)52-25)35(48)29-28(33(18)46)32(45)17-6-5-7-20(50-4)26(17)34(29)47/h5-7,14,16,19,21,25,30-31,39,44,46,48-49H,8-13,37H2,1-4H3,(H,38,42)/t14?,16-,19-,21-,25-,30+,31+,36-/m0/s1. The van der Waals surface area contributed by atoms with Crippen molar-refractivity contribution in [1.29, 1.82) is 0 Å². The largest absolute Gasteiger partial charge is 0.507 e. The number of fused-ring (bicyclic) bond motifs is 3. The predicted octanol–water partition coefficient (Wildman–Crippen LogP) is -0.213. The molecule has 0 aromatic heterocycles. The number of phenolic OH excluding ortho intramolecular Hbond substituents is 2. The molecule has 1 amide bonds. The zero-order valence-electron chi connectivity index (χ0n) is 29.4. The van der Waals surface area contributed by atoms with Crippen LogP contribution in [-0.2, 0) is 39.8 Å². The monoisotopic (exact) mass is 742 g/mol. The Hall–Kier alpha value is -4.78. The van der Waals surface area contributed by atoms with Crippen LogP contribution in [0.1, 0.15) is 95.5 Å². The Labute approximate surface area is 303 Å². The SMILES string of the molecule is COc1cccc2c1C(=O)c1c(O)c3c(c(O)c1C2=O)C[C@@](O)(C(=O)COC(=O)CCC(=O)N[C@@H](C(C)=O)C(C)O)C[C@@H]3O[C@H]1C[C@H](N)[C@H](O)[C@H](C)O1. The molecule has 0 saturated carbocycles. The number of amides is 1. The second-order valence-corrected chi connectivity index (χ2v) is 13.6. The molecule has 3 aliphatic rings. The van der Waals surface area contributed by atoms with Gasteiger partial charge in [0.25, 0.3) is 0 Å². The van der Waals surface area contributed by atoms with E-state index >= 15 is 0 Å². The summed E-state index contributed by atoms with van der Waals surface area (Å²) in [5.74, 6) is -6.50. The number of nitrogens with one attached hydrogen (secondary N) is 1. The van der Waals surface area contributed by atoms with E-state index < -0.39 is 138 Å². The fourth-order valence-electron chi connectivity index (χ4n) is 6.98. The molecule has 8 atom stereocenters. The number of methoxy groups -OCH3 is 1. The zero-order chi connectivity index (χ0) is 39.1. The maximum absolute atomic E-state index is 13.9. The molecule has 2 aromatic carbocycles. The summed E-state index contributed by atoms with van der Waals surface area (Å²) in [7, 11) is 1.29. The number of aliphatic hydroxyl groups is 3. The highest BCUT2D eigenvalue weighted by Crippen LogP contribution is 2.52.